The fraction of sp³-hybridized carbons (Fsp3) is 0.950. The molecule has 0 spiro atoms. The van der Waals surface area contributed by atoms with Gasteiger partial charge in [0, 0.05) is 0 Å². The molecule has 0 aromatic heterocycles. The van der Waals surface area contributed by atoms with Gasteiger partial charge in [-0.3, -0.25) is 0 Å². The van der Waals surface area contributed by atoms with E-state index < -0.39 is 11.4 Å². The van der Waals surface area contributed by atoms with Crippen molar-refractivity contribution in [2.24, 2.45) is 5.92 Å². The molecule has 0 aromatic carbocycles. The number of hydrogen-bond acceptors (Lipinski definition) is 6. The van der Waals surface area contributed by atoms with E-state index in [2.05, 4.69) is 19.2 Å². The van der Waals surface area contributed by atoms with Gasteiger partial charge in [0.05, 0.1) is 0 Å². The van der Waals surface area contributed by atoms with Crippen LogP contribution >= 0.6 is 0 Å². The predicted molar refractivity (Wildman–Crippen MR) is 107 cm³/mol. The van der Waals surface area contributed by atoms with E-state index in [4.69, 9.17) is 23.7 Å². The van der Waals surface area contributed by atoms with Crippen molar-refractivity contribution in [2.75, 3.05) is 7.11 Å². The van der Waals surface area contributed by atoms with Crippen molar-refractivity contribution in [2.45, 2.75) is 108 Å². The van der Waals surface area contributed by atoms with Crippen LogP contribution in [0.4, 0.5) is 4.79 Å². The van der Waals surface area contributed by atoms with Gasteiger partial charge in [-0.05, 0) is 0 Å². The number of rotatable bonds is 8. The van der Waals surface area contributed by atoms with E-state index >= 15 is 0 Å². The Hall–Kier alpha value is -0.371. The monoisotopic (exact) mass is 467 g/mol. The molecule has 7 nitrogen and oxygen atoms in total. The van der Waals surface area contributed by atoms with E-state index in [0.717, 1.165) is 17.1 Å². The Bertz CT molecular complexity index is 521. The van der Waals surface area contributed by atoms with Crippen LogP contribution in [0.1, 0.15) is 54.9 Å². The molecule has 8 heteroatoms. The molecular formula is C20H37NO6Se. The average Bonchev–Trinajstić information content (AvgIpc) is 2.98. The summed E-state index contributed by atoms with van der Waals surface area (Å²) < 4.78 is 28.9. The van der Waals surface area contributed by atoms with Gasteiger partial charge >= 0.3 is 175 Å². The van der Waals surface area contributed by atoms with Crippen molar-refractivity contribution in [3.63, 3.8) is 0 Å². The quantitative estimate of drug-likeness (QED) is 0.553. The third-order valence-electron chi connectivity index (χ3n) is 4.42. The van der Waals surface area contributed by atoms with Gasteiger partial charge in [0.2, 0.25) is 0 Å². The third kappa shape index (κ3) is 7.15. The van der Waals surface area contributed by atoms with Crippen LogP contribution in [0.3, 0.4) is 0 Å². The number of ether oxygens (including phenoxy) is 5. The first-order valence-electron chi connectivity index (χ1n) is 10.0. The van der Waals surface area contributed by atoms with E-state index in [1.165, 1.54) is 0 Å². The van der Waals surface area contributed by atoms with E-state index in [1.807, 2.05) is 34.6 Å². The Kier molecular flexibility index (Phi) is 8.22. The Labute approximate surface area is 175 Å². The van der Waals surface area contributed by atoms with Crippen LogP contribution in [0.25, 0.3) is 0 Å². The molecule has 1 N–H and O–H groups in total. The van der Waals surface area contributed by atoms with Crippen LogP contribution in [0, 0.1) is 5.92 Å². The summed E-state index contributed by atoms with van der Waals surface area (Å²) in [6.45, 7) is 13.8. The summed E-state index contributed by atoms with van der Waals surface area (Å²) in [6.07, 6.45) is -0.153. The molecule has 0 unspecified atom stereocenters. The van der Waals surface area contributed by atoms with Crippen molar-refractivity contribution in [1.82, 2.24) is 5.32 Å². The van der Waals surface area contributed by atoms with Crippen LogP contribution < -0.4 is 5.32 Å². The number of fused-ring (bicyclic) bond motifs is 1. The number of carbonyl (C=O) groups is 1. The number of alkyl carbamates (subject to hydrolysis) is 1. The molecule has 2 rings (SSSR count). The van der Waals surface area contributed by atoms with Crippen molar-refractivity contribution in [3.8, 4) is 0 Å². The first kappa shape index (κ1) is 23.9. The molecule has 2 aliphatic rings. The van der Waals surface area contributed by atoms with Crippen molar-refractivity contribution in [3.05, 3.63) is 0 Å². The summed E-state index contributed by atoms with van der Waals surface area (Å²) in [5, 5.41) is 4.85. The fourth-order valence-corrected chi connectivity index (χ4v) is 5.90. The van der Waals surface area contributed by atoms with Gasteiger partial charge in [-0.2, -0.15) is 0 Å². The first-order chi connectivity index (χ1) is 12.9. The van der Waals surface area contributed by atoms with Gasteiger partial charge in [0.1, 0.15) is 0 Å². The van der Waals surface area contributed by atoms with Crippen LogP contribution in [0.5, 0.6) is 0 Å². The second-order valence-corrected chi connectivity index (χ2v) is 11.6. The van der Waals surface area contributed by atoms with Crippen molar-refractivity contribution in [1.29, 1.82) is 0 Å². The second kappa shape index (κ2) is 9.63. The second-order valence-electron chi connectivity index (χ2n) is 9.35. The fourth-order valence-electron chi connectivity index (χ4n) is 3.50. The number of carbonyl (C=O) groups excluding carboxylic acids is 1. The van der Waals surface area contributed by atoms with Gasteiger partial charge in [0.25, 0.3) is 0 Å². The standard InChI is InChI=1S/C20H37NO6Se/c1-12(2)9-13(21-18(22)27-19(3,4)5)10-28-11-14-15-16(17(23-8)24-14)26-20(6,7)25-15/h12-17H,9-11H2,1-8H3,(H,21,22)/t13-,14+,15+,16+,17+/m0/s1. The molecule has 2 heterocycles. The van der Waals surface area contributed by atoms with E-state index in [0.29, 0.717) is 5.92 Å². The maximum atomic E-state index is 12.2. The van der Waals surface area contributed by atoms with Crippen LogP contribution in [0.15, 0.2) is 0 Å². The summed E-state index contributed by atoms with van der Waals surface area (Å²) in [4.78, 5) is 12.2. The number of hydrogen-bond donors (Lipinski definition) is 1. The summed E-state index contributed by atoms with van der Waals surface area (Å²) in [5.41, 5.74) is -0.494. The Balaban J connectivity index is 1.86. The van der Waals surface area contributed by atoms with Gasteiger partial charge in [-0.15, -0.1) is 0 Å². The zero-order valence-corrected chi connectivity index (χ0v) is 20.2. The minimum absolute atomic E-state index is 0.0436. The van der Waals surface area contributed by atoms with E-state index in [-0.39, 0.29) is 51.7 Å². The number of nitrogens with one attached hydrogen (secondary N) is 1. The molecule has 0 radical (unpaired) electrons. The number of methoxy groups -OCH3 is 1. The van der Waals surface area contributed by atoms with Crippen molar-refractivity contribution >= 4 is 21.1 Å². The first-order valence-corrected chi connectivity index (χ1v) is 12.4. The Morgan fingerprint density at radius 1 is 1.21 bits per heavy atom. The molecule has 0 bridgehead atoms. The van der Waals surface area contributed by atoms with Gasteiger partial charge in [0.15, 0.2) is 0 Å². The average molecular weight is 466 g/mol. The zero-order valence-electron chi connectivity index (χ0n) is 18.4. The normalized spacial score (nSPS) is 30.3. The van der Waals surface area contributed by atoms with Gasteiger partial charge in [-0.1, -0.05) is 0 Å². The summed E-state index contributed by atoms with van der Waals surface area (Å²) >= 11 is 0.280. The predicted octanol–water partition coefficient (Wildman–Crippen LogP) is 3.36. The molecule has 2 fully saturated rings. The minimum atomic E-state index is -0.612. The summed E-state index contributed by atoms with van der Waals surface area (Å²) in [7, 11) is 1.63. The Morgan fingerprint density at radius 2 is 1.86 bits per heavy atom. The van der Waals surface area contributed by atoms with Crippen LogP contribution in [-0.2, 0) is 23.7 Å². The molecule has 2 saturated heterocycles. The molecular weight excluding hydrogens is 429 g/mol. The molecule has 2 aliphatic heterocycles. The number of amides is 1. The molecule has 0 aliphatic carbocycles. The zero-order chi connectivity index (χ0) is 21.1. The third-order valence-corrected chi connectivity index (χ3v) is 6.94. The molecule has 0 saturated carbocycles. The molecule has 28 heavy (non-hydrogen) atoms. The topological polar surface area (TPSA) is 75.3 Å². The molecule has 164 valence electrons. The molecule has 0 aromatic rings. The SMILES string of the molecule is CO[C@@H]1O[C@H](C[Se]C[C@H](CC(C)C)NC(=O)OC(C)(C)C)[C@H]2OC(C)(C)O[C@@H]12. The molecule has 1 amide bonds. The van der Waals surface area contributed by atoms with Crippen LogP contribution in [-0.4, -0.2) is 70.2 Å². The van der Waals surface area contributed by atoms with Gasteiger partial charge < -0.3 is 0 Å². The van der Waals surface area contributed by atoms with Gasteiger partial charge in [-0.25, -0.2) is 0 Å². The van der Waals surface area contributed by atoms with E-state index in [9.17, 15) is 4.79 Å². The molecule has 5 atom stereocenters. The van der Waals surface area contributed by atoms with Crippen LogP contribution in [0.2, 0.25) is 10.6 Å². The maximum absolute atomic E-state index is 12.2. The van der Waals surface area contributed by atoms with E-state index in [1.54, 1.807) is 7.11 Å². The summed E-state index contributed by atoms with van der Waals surface area (Å²) in [6, 6.07) is 0.0995. The summed E-state index contributed by atoms with van der Waals surface area (Å²) in [5.74, 6) is -0.118. The Morgan fingerprint density at radius 3 is 2.43 bits per heavy atom. The van der Waals surface area contributed by atoms with Crippen molar-refractivity contribution < 1.29 is 28.5 Å².